The second-order valence-corrected chi connectivity index (χ2v) is 7.18. The minimum absolute atomic E-state index is 0.341. The third-order valence-electron chi connectivity index (χ3n) is 4.94. The zero-order chi connectivity index (χ0) is 21.0. The summed E-state index contributed by atoms with van der Waals surface area (Å²) < 4.78 is 9.53. The second-order valence-electron chi connectivity index (χ2n) is 7.18. The van der Waals surface area contributed by atoms with E-state index in [0.29, 0.717) is 30.8 Å². The molecular weight excluding hydrogens is 390 g/mol. The number of hydrogen-bond donors (Lipinski definition) is 1. The van der Waals surface area contributed by atoms with Gasteiger partial charge >= 0.3 is 6.01 Å². The predicted octanol–water partition coefficient (Wildman–Crippen LogP) is 3.99. The predicted molar refractivity (Wildman–Crippen MR) is 117 cm³/mol. The molecule has 3 heterocycles. The average molecular weight is 411 g/mol. The van der Waals surface area contributed by atoms with Gasteiger partial charge in [-0.1, -0.05) is 65.8 Å². The molecule has 2 aromatic carbocycles. The van der Waals surface area contributed by atoms with Crippen LogP contribution in [0.5, 0.6) is 0 Å². The normalized spacial score (nSPS) is 11.0. The lowest BCUT2D eigenvalue weighted by atomic mass is 10.1. The number of rotatable bonds is 7. The van der Waals surface area contributed by atoms with Crippen LogP contribution in [0.3, 0.4) is 0 Å². The molecule has 0 spiro atoms. The van der Waals surface area contributed by atoms with Crippen molar-refractivity contribution in [2.75, 3.05) is 5.32 Å². The van der Waals surface area contributed by atoms with Crippen molar-refractivity contribution in [3.63, 3.8) is 0 Å². The summed E-state index contributed by atoms with van der Waals surface area (Å²) in [7, 11) is 1.88. The van der Waals surface area contributed by atoms with Crippen molar-refractivity contribution >= 4 is 6.01 Å². The van der Waals surface area contributed by atoms with Gasteiger partial charge < -0.3 is 14.3 Å². The molecule has 0 amide bonds. The van der Waals surface area contributed by atoms with Gasteiger partial charge in [0.25, 0.3) is 5.89 Å². The Kier molecular flexibility index (Phi) is 5.02. The largest absolute Gasteiger partial charge is 0.400 e. The fourth-order valence-electron chi connectivity index (χ4n) is 3.41. The fraction of sp³-hybridized carbons (Fsp3) is 0.130. The summed E-state index contributed by atoms with van der Waals surface area (Å²) in [6.45, 7) is 1.20. The van der Waals surface area contributed by atoms with Crippen molar-refractivity contribution in [3.8, 4) is 23.0 Å². The first kappa shape index (κ1) is 18.8. The molecule has 5 aromatic rings. The molecule has 154 valence electrons. The smallest absolute Gasteiger partial charge is 0.316 e. The monoisotopic (exact) mass is 411 g/mol. The van der Waals surface area contributed by atoms with E-state index in [1.54, 1.807) is 6.20 Å². The molecule has 0 saturated carbocycles. The Labute approximate surface area is 179 Å². The molecule has 0 atom stereocenters. The Hall–Kier alpha value is -4.20. The lowest BCUT2D eigenvalue weighted by Gasteiger charge is -2.02. The lowest BCUT2D eigenvalue weighted by molar-refractivity contribution is 0.572. The zero-order valence-corrected chi connectivity index (χ0v) is 17.0. The Morgan fingerprint density at radius 3 is 2.48 bits per heavy atom. The quantitative estimate of drug-likeness (QED) is 0.436. The van der Waals surface area contributed by atoms with E-state index in [9.17, 15) is 0 Å². The van der Waals surface area contributed by atoms with Crippen LogP contribution < -0.4 is 5.32 Å². The van der Waals surface area contributed by atoms with Gasteiger partial charge in [-0.2, -0.15) is 5.10 Å². The number of aromatic nitrogens is 6. The molecule has 31 heavy (non-hydrogen) atoms. The molecule has 5 rings (SSSR count). The molecule has 0 unspecified atom stereocenters. The van der Waals surface area contributed by atoms with E-state index >= 15 is 0 Å². The van der Waals surface area contributed by atoms with Crippen molar-refractivity contribution in [2.45, 2.75) is 13.1 Å². The Morgan fingerprint density at radius 2 is 1.74 bits per heavy atom. The van der Waals surface area contributed by atoms with Gasteiger partial charge in [-0.3, -0.25) is 4.68 Å². The van der Waals surface area contributed by atoms with E-state index in [1.807, 2.05) is 58.9 Å². The molecule has 0 bridgehead atoms. The molecule has 0 fully saturated rings. The third-order valence-corrected chi connectivity index (χ3v) is 4.94. The van der Waals surface area contributed by atoms with Crippen molar-refractivity contribution in [3.05, 3.63) is 90.4 Å². The number of hydrogen-bond acceptors (Lipinski definition) is 6. The molecule has 0 aliphatic heterocycles. The number of nitrogens with one attached hydrogen (secondary N) is 1. The zero-order valence-electron chi connectivity index (χ0n) is 17.0. The average Bonchev–Trinajstić information content (AvgIpc) is 3.53. The first-order valence-corrected chi connectivity index (χ1v) is 9.97. The first-order chi connectivity index (χ1) is 15.3. The highest BCUT2D eigenvalue weighted by atomic mass is 16.4. The summed E-state index contributed by atoms with van der Waals surface area (Å²) in [4.78, 5) is 4.24. The maximum Gasteiger partial charge on any atom is 0.316 e. The Morgan fingerprint density at radius 1 is 0.968 bits per heavy atom. The van der Waals surface area contributed by atoms with E-state index in [2.05, 4.69) is 51.0 Å². The molecule has 0 aliphatic rings. The van der Waals surface area contributed by atoms with Gasteiger partial charge in [0.1, 0.15) is 0 Å². The van der Waals surface area contributed by atoms with E-state index < -0.39 is 0 Å². The highest BCUT2D eigenvalue weighted by Gasteiger charge is 2.15. The van der Waals surface area contributed by atoms with Crippen LogP contribution in [0.1, 0.15) is 11.1 Å². The van der Waals surface area contributed by atoms with Crippen molar-refractivity contribution in [2.24, 2.45) is 7.05 Å². The van der Waals surface area contributed by atoms with Crippen molar-refractivity contribution < 1.29 is 4.42 Å². The molecular formula is C23H21N7O. The van der Waals surface area contributed by atoms with Gasteiger partial charge in [0.05, 0.1) is 12.2 Å². The van der Waals surface area contributed by atoms with E-state index in [0.717, 1.165) is 16.8 Å². The van der Waals surface area contributed by atoms with E-state index in [1.165, 1.54) is 5.56 Å². The van der Waals surface area contributed by atoms with Gasteiger partial charge in [0.2, 0.25) is 0 Å². The summed E-state index contributed by atoms with van der Waals surface area (Å²) in [5.74, 6) is 0.999. The van der Waals surface area contributed by atoms with Crippen molar-refractivity contribution in [1.82, 2.24) is 29.5 Å². The number of anilines is 1. The third kappa shape index (κ3) is 4.09. The number of nitrogens with zero attached hydrogens (tertiary/aromatic N) is 6. The summed E-state index contributed by atoms with van der Waals surface area (Å²) >= 11 is 0. The van der Waals surface area contributed by atoms with Crippen LogP contribution in [-0.2, 0) is 20.1 Å². The topological polar surface area (TPSA) is 86.6 Å². The maximum atomic E-state index is 5.73. The fourth-order valence-corrected chi connectivity index (χ4v) is 3.41. The molecule has 8 heteroatoms. The molecule has 1 N–H and O–H groups in total. The van der Waals surface area contributed by atoms with Gasteiger partial charge in [-0.05, 0) is 5.56 Å². The van der Waals surface area contributed by atoms with Crippen LogP contribution in [0.4, 0.5) is 6.01 Å². The highest BCUT2D eigenvalue weighted by Crippen LogP contribution is 2.24. The summed E-state index contributed by atoms with van der Waals surface area (Å²) in [5, 5.41) is 16.2. The molecule has 0 saturated heterocycles. The number of aryl methyl sites for hydroxylation is 1. The summed E-state index contributed by atoms with van der Waals surface area (Å²) in [6.07, 6.45) is 5.58. The SMILES string of the molecule is Cn1ccnc1-c1nnc(NCc2cn(Cc3ccccc3)nc2-c2ccccc2)o1. The van der Waals surface area contributed by atoms with Crippen LogP contribution in [-0.4, -0.2) is 29.5 Å². The van der Waals surface area contributed by atoms with Crippen molar-refractivity contribution in [1.29, 1.82) is 0 Å². The van der Waals surface area contributed by atoms with Gasteiger partial charge in [0.15, 0.2) is 5.82 Å². The van der Waals surface area contributed by atoms with Gasteiger partial charge in [-0.15, -0.1) is 5.10 Å². The standard InChI is InChI=1S/C23H21N7O/c1-29-13-12-24-21(29)22-26-27-23(31-22)25-14-19-16-30(15-17-8-4-2-5-9-17)28-20(19)18-10-6-3-7-11-18/h2-13,16H,14-15H2,1H3,(H,25,27). The highest BCUT2D eigenvalue weighted by molar-refractivity contribution is 5.63. The second kappa shape index (κ2) is 8.27. The Balaban J connectivity index is 1.39. The molecule has 3 aromatic heterocycles. The van der Waals surface area contributed by atoms with Crippen LogP contribution in [0.2, 0.25) is 0 Å². The van der Waals surface area contributed by atoms with Crippen LogP contribution in [0, 0.1) is 0 Å². The van der Waals surface area contributed by atoms with E-state index in [-0.39, 0.29) is 0 Å². The molecule has 0 aliphatic carbocycles. The van der Waals surface area contributed by atoms with Crippen LogP contribution in [0.25, 0.3) is 23.0 Å². The minimum Gasteiger partial charge on any atom is -0.400 e. The van der Waals surface area contributed by atoms with E-state index in [4.69, 9.17) is 9.52 Å². The summed E-state index contributed by atoms with van der Waals surface area (Å²) in [5.41, 5.74) is 4.22. The summed E-state index contributed by atoms with van der Waals surface area (Å²) in [6, 6.07) is 20.8. The maximum absolute atomic E-state index is 5.73. The van der Waals surface area contributed by atoms with Gasteiger partial charge in [0, 0.05) is 43.3 Å². The lowest BCUT2D eigenvalue weighted by Crippen LogP contribution is -2.00. The number of benzene rings is 2. The minimum atomic E-state index is 0.341. The van der Waals surface area contributed by atoms with Crippen LogP contribution in [0.15, 0.2) is 83.7 Å². The van der Waals surface area contributed by atoms with Gasteiger partial charge in [-0.25, -0.2) is 4.98 Å². The Bertz CT molecular complexity index is 1270. The first-order valence-electron chi connectivity index (χ1n) is 9.97. The van der Waals surface area contributed by atoms with Crippen LogP contribution >= 0.6 is 0 Å². The molecule has 0 radical (unpaired) electrons. The number of imidazole rings is 1. The molecule has 8 nitrogen and oxygen atoms in total.